The minimum atomic E-state index is -4.15. The minimum Gasteiger partial charge on any atom is -0.353 e. The first-order valence-corrected chi connectivity index (χ1v) is 6.93. The number of nitrogens with two attached hydrogens (primary N) is 1. The van der Waals surface area contributed by atoms with Crippen LogP contribution in [-0.4, -0.2) is 24.7 Å². The summed E-state index contributed by atoms with van der Waals surface area (Å²) >= 11 is 0. The van der Waals surface area contributed by atoms with E-state index in [2.05, 4.69) is 5.32 Å². The Morgan fingerprint density at radius 1 is 1.42 bits per heavy atom. The molecule has 1 fully saturated rings. The number of nitrogens with one attached hydrogen (secondary N) is 1. The number of amides is 1. The molecule has 3 nitrogen and oxygen atoms in total. The van der Waals surface area contributed by atoms with Gasteiger partial charge in [0.15, 0.2) is 0 Å². The Morgan fingerprint density at radius 2 is 2.11 bits per heavy atom. The summed E-state index contributed by atoms with van der Waals surface area (Å²) in [5, 5.41) is 2.73. The van der Waals surface area contributed by atoms with Gasteiger partial charge in [-0.2, -0.15) is 13.2 Å². The molecule has 19 heavy (non-hydrogen) atoms. The summed E-state index contributed by atoms with van der Waals surface area (Å²) in [4.78, 5) is 11.7. The average molecular weight is 280 g/mol. The van der Waals surface area contributed by atoms with Crippen LogP contribution in [0.4, 0.5) is 13.2 Å². The number of hydrogen-bond donors (Lipinski definition) is 2. The maximum absolute atomic E-state index is 12.6. The maximum atomic E-state index is 12.6. The molecule has 0 bridgehead atoms. The van der Waals surface area contributed by atoms with Crippen molar-refractivity contribution in [2.45, 2.75) is 57.7 Å². The maximum Gasteiger partial charge on any atom is 0.391 e. The van der Waals surface area contributed by atoms with Crippen LogP contribution in [-0.2, 0) is 4.79 Å². The molecule has 0 saturated heterocycles. The summed E-state index contributed by atoms with van der Waals surface area (Å²) < 4.78 is 37.9. The van der Waals surface area contributed by atoms with Crippen LogP contribution in [0.25, 0.3) is 0 Å². The second-order valence-corrected chi connectivity index (χ2v) is 5.38. The molecule has 0 aromatic rings. The van der Waals surface area contributed by atoms with E-state index in [1.165, 1.54) is 0 Å². The monoisotopic (exact) mass is 280 g/mol. The predicted octanol–water partition coefficient (Wildman–Crippen LogP) is 2.60. The van der Waals surface area contributed by atoms with Crippen molar-refractivity contribution < 1.29 is 18.0 Å². The summed E-state index contributed by atoms with van der Waals surface area (Å²) in [6, 6.07) is -0.344. The van der Waals surface area contributed by atoms with E-state index in [4.69, 9.17) is 5.73 Å². The lowest BCUT2D eigenvalue weighted by Gasteiger charge is -2.31. The summed E-state index contributed by atoms with van der Waals surface area (Å²) in [6.07, 6.45) is -1.70. The van der Waals surface area contributed by atoms with Crippen LogP contribution in [0.1, 0.15) is 45.4 Å². The molecule has 1 aliphatic rings. The van der Waals surface area contributed by atoms with Gasteiger partial charge in [-0.05, 0) is 31.7 Å². The van der Waals surface area contributed by atoms with Crippen LogP contribution in [0.2, 0.25) is 0 Å². The number of carbonyl (C=O) groups excluding carboxylic acids is 1. The van der Waals surface area contributed by atoms with E-state index in [1.807, 2.05) is 6.92 Å². The molecule has 3 N–H and O–H groups in total. The van der Waals surface area contributed by atoms with Crippen molar-refractivity contribution in [3.8, 4) is 0 Å². The SMILES string of the molecule is CCC(CN)CC(=O)NC1CCCC(C(F)(F)F)C1. The Hall–Kier alpha value is -0.780. The second-order valence-electron chi connectivity index (χ2n) is 5.38. The van der Waals surface area contributed by atoms with Crippen LogP contribution < -0.4 is 11.1 Å². The summed E-state index contributed by atoms with van der Waals surface area (Å²) in [5.41, 5.74) is 5.52. The summed E-state index contributed by atoms with van der Waals surface area (Å²) in [6.45, 7) is 2.38. The Morgan fingerprint density at radius 3 is 2.63 bits per heavy atom. The molecule has 0 aromatic heterocycles. The van der Waals surface area contributed by atoms with Gasteiger partial charge in [-0.15, -0.1) is 0 Å². The molecular formula is C13H23F3N2O. The highest BCUT2D eigenvalue weighted by molar-refractivity contribution is 5.76. The number of alkyl halides is 3. The minimum absolute atomic E-state index is 0.00859. The average Bonchev–Trinajstić information content (AvgIpc) is 2.35. The van der Waals surface area contributed by atoms with Gasteiger partial charge < -0.3 is 11.1 Å². The van der Waals surface area contributed by atoms with Crippen LogP contribution >= 0.6 is 0 Å². The third-order valence-electron chi connectivity index (χ3n) is 3.89. The molecular weight excluding hydrogens is 257 g/mol. The number of rotatable bonds is 5. The predicted molar refractivity (Wildman–Crippen MR) is 67.4 cm³/mol. The first-order chi connectivity index (χ1) is 8.86. The van der Waals surface area contributed by atoms with E-state index in [9.17, 15) is 18.0 Å². The summed E-state index contributed by atoms with van der Waals surface area (Å²) in [5.74, 6) is -1.34. The number of carbonyl (C=O) groups is 1. The van der Waals surface area contributed by atoms with E-state index in [1.54, 1.807) is 0 Å². The van der Waals surface area contributed by atoms with Crippen molar-refractivity contribution in [2.24, 2.45) is 17.6 Å². The van der Waals surface area contributed by atoms with Crippen molar-refractivity contribution >= 4 is 5.91 Å². The molecule has 0 heterocycles. The first-order valence-electron chi connectivity index (χ1n) is 6.93. The van der Waals surface area contributed by atoms with Gasteiger partial charge in [-0.25, -0.2) is 0 Å². The van der Waals surface area contributed by atoms with Crippen molar-refractivity contribution in [1.29, 1.82) is 0 Å². The zero-order valence-corrected chi connectivity index (χ0v) is 11.3. The number of hydrogen-bond acceptors (Lipinski definition) is 2. The molecule has 0 spiro atoms. The Labute approximate surface area is 112 Å². The second kappa shape index (κ2) is 7.12. The fourth-order valence-corrected chi connectivity index (χ4v) is 2.56. The van der Waals surface area contributed by atoms with Gasteiger partial charge in [0.25, 0.3) is 0 Å². The lowest BCUT2D eigenvalue weighted by Crippen LogP contribution is -2.42. The van der Waals surface area contributed by atoms with Crippen LogP contribution in [0.15, 0.2) is 0 Å². The Balaban J connectivity index is 2.42. The van der Waals surface area contributed by atoms with Crippen molar-refractivity contribution in [3.63, 3.8) is 0 Å². The highest BCUT2D eigenvalue weighted by Gasteiger charge is 2.42. The molecule has 6 heteroatoms. The fourth-order valence-electron chi connectivity index (χ4n) is 2.56. The van der Waals surface area contributed by atoms with Crippen LogP contribution in [0, 0.1) is 11.8 Å². The lowest BCUT2D eigenvalue weighted by atomic mass is 9.85. The Bertz CT molecular complexity index is 290. The molecule has 0 radical (unpaired) electrons. The van der Waals surface area contributed by atoms with Gasteiger partial charge in [0.05, 0.1) is 5.92 Å². The molecule has 1 amide bonds. The molecule has 1 saturated carbocycles. The van der Waals surface area contributed by atoms with Gasteiger partial charge in [-0.3, -0.25) is 4.79 Å². The molecule has 3 unspecified atom stereocenters. The van der Waals surface area contributed by atoms with Crippen molar-refractivity contribution in [2.75, 3.05) is 6.54 Å². The molecule has 0 aromatic carbocycles. The van der Waals surface area contributed by atoms with Crippen LogP contribution in [0.5, 0.6) is 0 Å². The van der Waals surface area contributed by atoms with Crippen molar-refractivity contribution in [1.82, 2.24) is 5.32 Å². The van der Waals surface area contributed by atoms with E-state index < -0.39 is 12.1 Å². The van der Waals surface area contributed by atoms with Gasteiger partial charge >= 0.3 is 6.18 Å². The quantitative estimate of drug-likeness (QED) is 0.813. The van der Waals surface area contributed by atoms with Gasteiger partial charge in [0.1, 0.15) is 0 Å². The van der Waals surface area contributed by atoms with E-state index >= 15 is 0 Å². The highest BCUT2D eigenvalue weighted by atomic mass is 19.4. The smallest absolute Gasteiger partial charge is 0.353 e. The molecule has 3 atom stereocenters. The van der Waals surface area contributed by atoms with E-state index in [0.717, 1.165) is 6.42 Å². The topological polar surface area (TPSA) is 55.1 Å². The molecule has 112 valence electrons. The van der Waals surface area contributed by atoms with E-state index in [-0.39, 0.29) is 30.7 Å². The van der Waals surface area contributed by atoms with E-state index in [0.29, 0.717) is 25.8 Å². The zero-order chi connectivity index (χ0) is 14.5. The van der Waals surface area contributed by atoms with Gasteiger partial charge in [0, 0.05) is 12.5 Å². The lowest BCUT2D eigenvalue weighted by molar-refractivity contribution is -0.184. The largest absolute Gasteiger partial charge is 0.391 e. The standard InChI is InChI=1S/C13H23F3N2O/c1-2-9(8-17)6-12(19)18-11-5-3-4-10(7-11)13(14,15)16/h9-11H,2-8,17H2,1H3,(H,18,19). The normalized spacial score (nSPS) is 25.9. The zero-order valence-electron chi connectivity index (χ0n) is 11.3. The van der Waals surface area contributed by atoms with Gasteiger partial charge in [-0.1, -0.05) is 19.8 Å². The third-order valence-corrected chi connectivity index (χ3v) is 3.89. The fraction of sp³-hybridized carbons (Fsp3) is 0.923. The van der Waals surface area contributed by atoms with Gasteiger partial charge in [0.2, 0.25) is 5.91 Å². The van der Waals surface area contributed by atoms with Crippen molar-refractivity contribution in [3.05, 3.63) is 0 Å². The van der Waals surface area contributed by atoms with Crippen LogP contribution in [0.3, 0.4) is 0 Å². The molecule has 1 rings (SSSR count). The first kappa shape index (κ1) is 16.3. The molecule has 0 aliphatic heterocycles. The third kappa shape index (κ3) is 5.38. The Kier molecular flexibility index (Phi) is 6.10. The summed E-state index contributed by atoms with van der Waals surface area (Å²) in [7, 11) is 0. The molecule has 1 aliphatic carbocycles. The number of halogens is 3. The highest BCUT2D eigenvalue weighted by Crippen LogP contribution is 2.37.